The van der Waals surface area contributed by atoms with Crippen LogP contribution in [0.15, 0.2) is 78.5 Å². The number of nitriles is 1. The fourth-order valence-corrected chi connectivity index (χ4v) is 19.3. The van der Waals surface area contributed by atoms with Crippen LogP contribution in [0.1, 0.15) is 96.9 Å². The van der Waals surface area contributed by atoms with Crippen LogP contribution in [-0.2, 0) is 47.7 Å². The normalized spacial score (nSPS) is 16.4. The molecule has 0 N–H and O–H groups in total. The summed E-state index contributed by atoms with van der Waals surface area (Å²) in [7, 11) is 6.20. The Morgan fingerprint density at radius 2 is 0.693 bits per heavy atom. The summed E-state index contributed by atoms with van der Waals surface area (Å²) in [6.45, 7) is 36.6. The first kappa shape index (κ1) is 70.9. The number of carbonyl (C=O) groups excluding carboxylic acids is 6. The Hall–Kier alpha value is -4.56. The molecular formula is C60H74N6O14S8. The van der Waals surface area contributed by atoms with Crippen molar-refractivity contribution in [3.8, 4) is 29.1 Å². The Bertz CT molecular complexity index is 3040. The highest BCUT2D eigenvalue weighted by atomic mass is 32.2. The third-order valence-electron chi connectivity index (χ3n) is 12.9. The molecule has 0 bridgehead atoms. The number of amides is 4. The average molecular weight is 1360 g/mol. The second kappa shape index (κ2) is 29.8. The molecule has 476 valence electrons. The fraction of sp³-hybridized carbons (Fsp3) is 0.533. The SMILES string of the molecule is CC(C)OCCOc1c2c(c(OCCOC(C)C)c3c1SC(=C1C(=O)N(C)N(C)C1=O)S3)SC(=C1C(=O)N(C)N(C)C1=O)S2.[C-]#[N+]C(C(=O)C(C)(C)C)=C1Sc2c(OCCOC(C)C)c3c(c(OCCOC(C)C)c2S1)SC(=C(C#N)C(=O)C(C)(C)C)S3. The van der Waals surface area contributed by atoms with Crippen LogP contribution in [0.3, 0.4) is 0 Å². The summed E-state index contributed by atoms with van der Waals surface area (Å²) in [5, 5.41) is 15.2. The molecule has 6 aliphatic rings. The Balaban J connectivity index is 0.000000251. The molecule has 4 amide bonds. The largest absolute Gasteiger partial charge is 0.489 e. The van der Waals surface area contributed by atoms with Gasteiger partial charge in [0.1, 0.15) is 72.2 Å². The second-order valence-corrected chi connectivity index (χ2v) is 32.4. The van der Waals surface area contributed by atoms with Crippen LogP contribution in [-0.4, -0.2) is 161 Å². The number of likely N-dealkylation sites (N-methyl/N-ethyl adjacent to an activating group) is 4. The van der Waals surface area contributed by atoms with E-state index < -0.39 is 34.5 Å². The molecule has 28 heteroatoms. The van der Waals surface area contributed by atoms with Crippen LogP contribution in [0.5, 0.6) is 23.0 Å². The molecule has 2 fully saturated rings. The molecule has 0 spiro atoms. The molecule has 2 aromatic carbocycles. The first-order valence-corrected chi connectivity index (χ1v) is 34.7. The maximum Gasteiger partial charge on any atom is 0.279 e. The molecule has 2 aromatic rings. The molecule has 6 heterocycles. The predicted octanol–water partition coefficient (Wildman–Crippen LogP) is 12.5. The Morgan fingerprint density at radius 3 is 0.920 bits per heavy atom. The molecule has 20 nitrogen and oxygen atoms in total. The van der Waals surface area contributed by atoms with Crippen LogP contribution in [0.4, 0.5) is 0 Å². The van der Waals surface area contributed by atoms with Gasteiger partial charge in [-0.05, 0) is 55.4 Å². The third-order valence-corrected chi connectivity index (χ3v) is 23.3. The van der Waals surface area contributed by atoms with E-state index in [1.54, 1.807) is 69.7 Å². The number of hydrogen-bond donors (Lipinski definition) is 0. The van der Waals surface area contributed by atoms with Crippen molar-refractivity contribution in [2.45, 2.75) is 161 Å². The van der Waals surface area contributed by atoms with Crippen molar-refractivity contribution in [3.63, 3.8) is 0 Å². The van der Waals surface area contributed by atoms with Crippen molar-refractivity contribution in [1.82, 2.24) is 20.0 Å². The maximum atomic E-state index is 13.3. The van der Waals surface area contributed by atoms with Crippen LogP contribution in [0, 0.1) is 28.7 Å². The van der Waals surface area contributed by atoms with Gasteiger partial charge in [0, 0.05) is 39.0 Å². The van der Waals surface area contributed by atoms with E-state index in [0.29, 0.717) is 86.0 Å². The lowest BCUT2D eigenvalue weighted by Crippen LogP contribution is -2.33. The van der Waals surface area contributed by atoms with Crippen molar-refractivity contribution in [2.75, 3.05) is 81.0 Å². The van der Waals surface area contributed by atoms with Crippen molar-refractivity contribution in [1.29, 1.82) is 5.26 Å². The second-order valence-electron chi connectivity index (χ2n) is 23.2. The number of Topliss-reactive ketones (excluding diaryl/α,β-unsaturated/α-hetero) is 2. The van der Waals surface area contributed by atoms with Gasteiger partial charge in [-0.15, -0.1) is 0 Å². The number of hydrazine groups is 2. The number of hydrogen-bond acceptors (Lipinski definition) is 23. The summed E-state index contributed by atoms with van der Waals surface area (Å²) >= 11 is 10.4. The van der Waals surface area contributed by atoms with Gasteiger partial charge in [-0.25, -0.2) is 4.85 Å². The minimum Gasteiger partial charge on any atom is -0.489 e. The smallest absolute Gasteiger partial charge is 0.279 e. The average Bonchev–Trinajstić information content (AvgIpc) is 1.60. The highest BCUT2D eigenvalue weighted by molar-refractivity contribution is 8.26. The van der Waals surface area contributed by atoms with Crippen molar-refractivity contribution in [3.05, 3.63) is 50.8 Å². The van der Waals surface area contributed by atoms with E-state index >= 15 is 0 Å². The zero-order valence-corrected chi connectivity index (χ0v) is 59.2. The molecule has 0 atom stereocenters. The number of carbonyl (C=O) groups is 6. The first-order chi connectivity index (χ1) is 41.3. The maximum absolute atomic E-state index is 13.3. The standard InChI is InChI=1S/C32H40N2O6S4.C28H34N4O8S4/c1-17(2)37-12-14-39-21-23-24(42-29(41-23)19(16-33)27(35)31(5,6)7)22(40-15-13-38-18(3)4)26-25(21)43-30(44-26)20(34-11)28(36)32(8,9)10;1-13(2)37-9-11-39-17-19-21(43-27(41-19)15-23(33)29(5)30(6)24(15)34)18(40-12-10-38-14(3)4)22-20(17)42-28(44-22)16-25(35)31(7)32(8)26(16)36/h17-18H,12-15H2,1-10H3;13-14H,9-12H2,1-8H3. The third kappa shape index (κ3) is 15.7. The van der Waals surface area contributed by atoms with E-state index in [2.05, 4.69) is 10.9 Å². The fourth-order valence-electron chi connectivity index (χ4n) is 8.27. The van der Waals surface area contributed by atoms with Crippen molar-refractivity contribution >= 4 is 129 Å². The number of ether oxygens (including phenoxy) is 8. The number of nitrogens with zero attached hydrogens (tertiary/aromatic N) is 6. The monoisotopic (exact) mass is 1360 g/mol. The van der Waals surface area contributed by atoms with Crippen LogP contribution >= 0.6 is 94.1 Å². The van der Waals surface area contributed by atoms with Gasteiger partial charge in [-0.3, -0.25) is 44.0 Å². The summed E-state index contributed by atoms with van der Waals surface area (Å²) in [6.07, 6.45) is 0.0966. The van der Waals surface area contributed by atoms with Crippen LogP contribution < -0.4 is 18.9 Å². The molecule has 0 aliphatic carbocycles. The summed E-state index contributed by atoms with van der Waals surface area (Å²) in [5.74, 6) is 0.103. The number of thioether (sulfide) groups is 8. The van der Waals surface area contributed by atoms with Gasteiger partial charge in [-0.1, -0.05) is 136 Å². The van der Waals surface area contributed by atoms with Gasteiger partial charge in [0.25, 0.3) is 23.6 Å². The quantitative estimate of drug-likeness (QED) is 0.0352. The molecule has 2 saturated heterocycles. The van der Waals surface area contributed by atoms with Gasteiger partial charge in [0.05, 0.1) is 114 Å². The van der Waals surface area contributed by atoms with Crippen molar-refractivity contribution in [2.24, 2.45) is 10.8 Å². The highest BCUT2D eigenvalue weighted by Gasteiger charge is 2.47. The zero-order valence-electron chi connectivity index (χ0n) is 52.6. The van der Waals surface area contributed by atoms with Gasteiger partial charge in [0.15, 0.2) is 11.6 Å². The Kier molecular flexibility index (Phi) is 24.0. The zero-order chi connectivity index (χ0) is 65.0. The molecule has 6 aliphatic heterocycles. The van der Waals surface area contributed by atoms with Gasteiger partial charge >= 0.3 is 0 Å². The van der Waals surface area contributed by atoms with Crippen molar-refractivity contribution < 1.29 is 66.7 Å². The van der Waals surface area contributed by atoms with Gasteiger partial charge < -0.3 is 42.7 Å². The lowest BCUT2D eigenvalue weighted by Gasteiger charge is -2.18. The Labute approximate surface area is 549 Å². The van der Waals surface area contributed by atoms with Crippen LogP contribution in [0.2, 0.25) is 0 Å². The number of fused-ring (bicyclic) bond motifs is 4. The number of ketones is 2. The molecule has 0 aromatic heterocycles. The molecule has 0 unspecified atom stereocenters. The van der Waals surface area contributed by atoms with Crippen LogP contribution in [0.25, 0.3) is 4.85 Å². The molecule has 8 rings (SSSR count). The molecule has 0 saturated carbocycles. The Morgan fingerprint density at radius 1 is 0.443 bits per heavy atom. The number of rotatable bonds is 22. The first-order valence-electron chi connectivity index (χ1n) is 28.2. The summed E-state index contributed by atoms with van der Waals surface area (Å²) in [4.78, 5) is 88.2. The summed E-state index contributed by atoms with van der Waals surface area (Å²) in [5.41, 5.74) is -1.13. The van der Waals surface area contributed by atoms with E-state index in [9.17, 15) is 34.0 Å². The predicted molar refractivity (Wildman–Crippen MR) is 346 cm³/mol. The minimum absolute atomic E-state index is 0.0168. The topological polar surface area (TPSA) is 217 Å². The number of benzene rings is 2. The van der Waals surface area contributed by atoms with E-state index in [1.807, 2.05) is 55.4 Å². The van der Waals surface area contributed by atoms with E-state index in [1.165, 1.54) is 114 Å². The lowest BCUT2D eigenvalue weighted by atomic mass is 9.87. The van der Waals surface area contributed by atoms with E-state index in [4.69, 9.17) is 44.5 Å². The minimum atomic E-state index is -0.738. The molecular weight excluding hydrogens is 1290 g/mol. The van der Waals surface area contributed by atoms with E-state index in [-0.39, 0.29) is 84.8 Å². The van der Waals surface area contributed by atoms with Gasteiger partial charge in [-0.2, -0.15) is 5.26 Å². The summed E-state index contributed by atoms with van der Waals surface area (Å²) < 4.78 is 50.6. The van der Waals surface area contributed by atoms with Gasteiger partial charge in [0.2, 0.25) is 5.70 Å². The number of allylic oxidation sites excluding steroid dienone is 2. The van der Waals surface area contributed by atoms with E-state index in [0.717, 1.165) is 19.6 Å². The lowest BCUT2D eigenvalue weighted by molar-refractivity contribution is -0.141. The summed E-state index contributed by atoms with van der Waals surface area (Å²) in [6, 6.07) is 2.15. The highest BCUT2D eigenvalue weighted by Crippen LogP contribution is 2.70. The molecule has 0 radical (unpaired) electrons. The molecule has 88 heavy (non-hydrogen) atoms.